The third kappa shape index (κ3) is 3.17. The molecule has 4 heteroatoms. The number of rotatable bonds is 4. The molecular weight excluding hydrogens is 330 g/mol. The van der Waals surface area contributed by atoms with Gasteiger partial charge in [-0.3, -0.25) is 0 Å². The molecule has 0 amide bonds. The van der Waals surface area contributed by atoms with Crippen molar-refractivity contribution in [2.45, 2.75) is 6.04 Å². The number of ether oxygens (including phenoxy) is 1. The molecule has 1 unspecified atom stereocenters. The van der Waals surface area contributed by atoms with E-state index in [2.05, 4.69) is 15.9 Å². The van der Waals surface area contributed by atoms with Gasteiger partial charge < -0.3 is 14.9 Å². The molecule has 0 saturated heterocycles. The van der Waals surface area contributed by atoms with Gasteiger partial charge in [0.2, 0.25) is 0 Å². The van der Waals surface area contributed by atoms with Gasteiger partial charge in [-0.05, 0) is 51.8 Å². The second-order valence-corrected chi connectivity index (χ2v) is 5.33. The van der Waals surface area contributed by atoms with Crippen LogP contribution in [0.1, 0.15) is 17.2 Å². The SMILES string of the molecule is NC(c1ccc(Oc2ccccc2)cc1)c1ccoc1Br. The highest BCUT2D eigenvalue weighted by atomic mass is 79.9. The van der Waals surface area contributed by atoms with Gasteiger partial charge >= 0.3 is 0 Å². The summed E-state index contributed by atoms with van der Waals surface area (Å²) in [6.07, 6.45) is 1.62. The molecule has 0 bridgehead atoms. The smallest absolute Gasteiger partial charge is 0.174 e. The molecule has 0 spiro atoms. The molecule has 1 heterocycles. The molecule has 1 aromatic heterocycles. The van der Waals surface area contributed by atoms with Crippen LogP contribution in [0, 0.1) is 0 Å². The second-order valence-electron chi connectivity index (χ2n) is 4.61. The summed E-state index contributed by atoms with van der Waals surface area (Å²) in [4.78, 5) is 0. The fourth-order valence-corrected chi connectivity index (χ4v) is 2.56. The number of nitrogens with two attached hydrogens (primary N) is 1. The Balaban J connectivity index is 1.77. The summed E-state index contributed by atoms with van der Waals surface area (Å²) in [7, 11) is 0. The molecule has 106 valence electrons. The minimum absolute atomic E-state index is 0.232. The van der Waals surface area contributed by atoms with Crippen LogP contribution in [0.4, 0.5) is 0 Å². The quantitative estimate of drug-likeness (QED) is 0.734. The van der Waals surface area contributed by atoms with E-state index in [1.807, 2.05) is 60.7 Å². The summed E-state index contributed by atoms with van der Waals surface area (Å²) in [6.45, 7) is 0. The van der Waals surface area contributed by atoms with Crippen LogP contribution >= 0.6 is 15.9 Å². The third-order valence-corrected chi connectivity index (χ3v) is 3.84. The van der Waals surface area contributed by atoms with Crippen LogP contribution in [0.25, 0.3) is 0 Å². The fraction of sp³-hybridized carbons (Fsp3) is 0.0588. The number of benzene rings is 2. The maximum absolute atomic E-state index is 6.23. The van der Waals surface area contributed by atoms with Crippen molar-refractivity contribution in [2.24, 2.45) is 5.73 Å². The van der Waals surface area contributed by atoms with Crippen molar-refractivity contribution in [3.63, 3.8) is 0 Å². The van der Waals surface area contributed by atoms with Crippen LogP contribution in [-0.4, -0.2) is 0 Å². The summed E-state index contributed by atoms with van der Waals surface area (Å²) in [5, 5.41) is 0. The topological polar surface area (TPSA) is 48.4 Å². The zero-order chi connectivity index (χ0) is 14.7. The Hall–Kier alpha value is -2.04. The first kappa shape index (κ1) is 13.9. The second kappa shape index (κ2) is 6.16. The van der Waals surface area contributed by atoms with E-state index in [0.717, 1.165) is 22.6 Å². The number of halogens is 1. The molecular formula is C17H14BrNO2. The number of hydrogen-bond donors (Lipinski definition) is 1. The number of furan rings is 1. The molecule has 0 aliphatic rings. The Labute approximate surface area is 131 Å². The standard InChI is InChI=1S/C17H14BrNO2/c18-17-15(10-11-20-17)16(19)12-6-8-14(9-7-12)21-13-4-2-1-3-5-13/h1-11,16H,19H2. The van der Waals surface area contributed by atoms with E-state index >= 15 is 0 Å². The average molecular weight is 344 g/mol. The van der Waals surface area contributed by atoms with Crippen molar-refractivity contribution in [3.05, 3.63) is 82.7 Å². The van der Waals surface area contributed by atoms with E-state index in [1.165, 1.54) is 0 Å². The molecule has 2 aromatic carbocycles. The Morgan fingerprint density at radius 2 is 1.57 bits per heavy atom. The number of hydrogen-bond acceptors (Lipinski definition) is 3. The van der Waals surface area contributed by atoms with Crippen LogP contribution < -0.4 is 10.5 Å². The molecule has 0 aliphatic heterocycles. The van der Waals surface area contributed by atoms with Gasteiger partial charge in [0.25, 0.3) is 0 Å². The number of para-hydroxylation sites is 1. The van der Waals surface area contributed by atoms with Crippen molar-refractivity contribution in [1.29, 1.82) is 0 Å². The highest BCUT2D eigenvalue weighted by Crippen LogP contribution is 2.29. The Morgan fingerprint density at radius 3 is 2.19 bits per heavy atom. The van der Waals surface area contributed by atoms with E-state index in [0.29, 0.717) is 4.67 Å². The predicted molar refractivity (Wildman–Crippen MR) is 85.4 cm³/mol. The Morgan fingerprint density at radius 1 is 0.905 bits per heavy atom. The lowest BCUT2D eigenvalue weighted by atomic mass is 10.0. The summed E-state index contributed by atoms with van der Waals surface area (Å²) in [5.74, 6) is 1.59. The van der Waals surface area contributed by atoms with Crippen molar-refractivity contribution < 1.29 is 9.15 Å². The molecule has 0 aliphatic carbocycles. The van der Waals surface area contributed by atoms with Crippen molar-refractivity contribution in [1.82, 2.24) is 0 Å². The molecule has 2 N–H and O–H groups in total. The van der Waals surface area contributed by atoms with Crippen molar-refractivity contribution in [2.75, 3.05) is 0 Å². The molecule has 21 heavy (non-hydrogen) atoms. The van der Waals surface area contributed by atoms with Crippen molar-refractivity contribution >= 4 is 15.9 Å². The molecule has 3 aromatic rings. The summed E-state index contributed by atoms with van der Waals surface area (Å²) in [5.41, 5.74) is 8.15. The molecule has 0 fully saturated rings. The van der Waals surface area contributed by atoms with Gasteiger partial charge in [0.1, 0.15) is 11.5 Å². The lowest BCUT2D eigenvalue weighted by Crippen LogP contribution is -2.11. The van der Waals surface area contributed by atoms with E-state index in [-0.39, 0.29) is 6.04 Å². The minimum atomic E-state index is -0.232. The highest BCUT2D eigenvalue weighted by Gasteiger charge is 2.14. The van der Waals surface area contributed by atoms with E-state index in [1.54, 1.807) is 6.26 Å². The van der Waals surface area contributed by atoms with Gasteiger partial charge in [-0.2, -0.15) is 0 Å². The van der Waals surface area contributed by atoms with Gasteiger partial charge in [0.05, 0.1) is 12.3 Å². The third-order valence-electron chi connectivity index (χ3n) is 3.20. The molecule has 3 rings (SSSR count). The van der Waals surface area contributed by atoms with E-state index in [4.69, 9.17) is 14.9 Å². The first-order valence-corrected chi connectivity index (χ1v) is 7.34. The first-order valence-electron chi connectivity index (χ1n) is 6.55. The Bertz CT molecular complexity index is 707. The molecule has 3 nitrogen and oxygen atoms in total. The van der Waals surface area contributed by atoms with Crippen LogP contribution in [0.5, 0.6) is 11.5 Å². The molecule has 0 saturated carbocycles. The summed E-state index contributed by atoms with van der Waals surface area (Å²) >= 11 is 3.35. The Kier molecular flexibility index (Phi) is 4.08. The zero-order valence-corrected chi connectivity index (χ0v) is 12.8. The average Bonchev–Trinajstić information content (AvgIpc) is 2.94. The maximum atomic E-state index is 6.23. The van der Waals surface area contributed by atoms with Gasteiger partial charge in [-0.25, -0.2) is 0 Å². The summed E-state index contributed by atoms with van der Waals surface area (Å²) in [6, 6.07) is 19.1. The largest absolute Gasteiger partial charge is 0.457 e. The van der Waals surface area contributed by atoms with E-state index < -0.39 is 0 Å². The van der Waals surface area contributed by atoms with Gasteiger partial charge in [0, 0.05) is 5.56 Å². The van der Waals surface area contributed by atoms with Crippen LogP contribution in [0.2, 0.25) is 0 Å². The van der Waals surface area contributed by atoms with Gasteiger partial charge in [-0.15, -0.1) is 0 Å². The van der Waals surface area contributed by atoms with Crippen LogP contribution in [0.3, 0.4) is 0 Å². The normalized spacial score (nSPS) is 12.1. The lowest BCUT2D eigenvalue weighted by Gasteiger charge is -2.12. The predicted octanol–water partition coefficient (Wildman–Crippen LogP) is 4.88. The fourth-order valence-electron chi connectivity index (χ4n) is 2.07. The monoisotopic (exact) mass is 343 g/mol. The lowest BCUT2D eigenvalue weighted by molar-refractivity contribution is 0.482. The molecule has 0 radical (unpaired) electrons. The minimum Gasteiger partial charge on any atom is -0.457 e. The van der Waals surface area contributed by atoms with E-state index in [9.17, 15) is 0 Å². The van der Waals surface area contributed by atoms with Gasteiger partial charge in [0.15, 0.2) is 4.67 Å². The first-order chi connectivity index (χ1) is 10.2. The van der Waals surface area contributed by atoms with Gasteiger partial charge in [-0.1, -0.05) is 30.3 Å². The highest BCUT2D eigenvalue weighted by molar-refractivity contribution is 9.10. The zero-order valence-electron chi connectivity index (χ0n) is 11.2. The summed E-state index contributed by atoms with van der Waals surface area (Å²) < 4.78 is 11.6. The maximum Gasteiger partial charge on any atom is 0.174 e. The van der Waals surface area contributed by atoms with Crippen LogP contribution in [0.15, 0.2) is 76.0 Å². The molecule has 1 atom stereocenters. The van der Waals surface area contributed by atoms with Crippen molar-refractivity contribution in [3.8, 4) is 11.5 Å². The van der Waals surface area contributed by atoms with Crippen LogP contribution in [-0.2, 0) is 0 Å².